The number of nitrogens with two attached hydrogens (primary N) is 1. The van der Waals surface area contributed by atoms with E-state index in [9.17, 15) is 0 Å². The molecule has 0 amide bonds. The van der Waals surface area contributed by atoms with Crippen molar-refractivity contribution >= 4 is 0 Å². The largest absolute Gasteiger partial charge is 0.271 e. The Bertz CT molecular complexity index is 110. The predicted molar refractivity (Wildman–Crippen MR) is 54.6 cm³/mol. The molecule has 1 atom stereocenters. The van der Waals surface area contributed by atoms with Crippen LogP contribution in [0.2, 0.25) is 0 Å². The smallest absolute Gasteiger partial charge is 0.0213 e. The molecule has 0 saturated carbocycles. The summed E-state index contributed by atoms with van der Waals surface area (Å²) in [7, 11) is 0. The molecule has 0 aromatic carbocycles. The lowest BCUT2D eigenvalue weighted by Gasteiger charge is -2.17. The molecule has 0 bridgehead atoms. The van der Waals surface area contributed by atoms with Crippen molar-refractivity contribution in [3.63, 3.8) is 0 Å². The molecule has 0 aromatic heterocycles. The first-order chi connectivity index (χ1) is 5.70. The highest BCUT2D eigenvalue weighted by atomic mass is 15.2. The maximum absolute atomic E-state index is 5.43. The van der Waals surface area contributed by atoms with Crippen molar-refractivity contribution in [3.8, 4) is 0 Å². The van der Waals surface area contributed by atoms with Crippen LogP contribution in [0.5, 0.6) is 0 Å². The zero-order valence-corrected chi connectivity index (χ0v) is 8.34. The Morgan fingerprint density at radius 1 is 1.50 bits per heavy atom. The normalized spacial score (nSPS) is 13.3. The molecule has 0 fully saturated rings. The van der Waals surface area contributed by atoms with Crippen molar-refractivity contribution < 1.29 is 0 Å². The number of rotatable bonds is 7. The fourth-order valence-electron chi connectivity index (χ4n) is 1.35. The molecule has 72 valence electrons. The Morgan fingerprint density at radius 3 is 2.58 bits per heavy atom. The van der Waals surface area contributed by atoms with Crippen LogP contribution in [0.15, 0.2) is 12.7 Å². The van der Waals surface area contributed by atoms with E-state index < -0.39 is 0 Å². The SMILES string of the molecule is C=CCCCC(CC(C)C)NN. The van der Waals surface area contributed by atoms with Gasteiger partial charge in [0, 0.05) is 6.04 Å². The van der Waals surface area contributed by atoms with Gasteiger partial charge in [-0.15, -0.1) is 6.58 Å². The minimum absolute atomic E-state index is 0.477. The molecule has 0 heterocycles. The van der Waals surface area contributed by atoms with E-state index in [2.05, 4.69) is 25.9 Å². The minimum Gasteiger partial charge on any atom is -0.271 e. The molecule has 0 saturated heterocycles. The molecule has 2 nitrogen and oxygen atoms in total. The van der Waals surface area contributed by atoms with Gasteiger partial charge in [0.25, 0.3) is 0 Å². The first-order valence-electron chi connectivity index (χ1n) is 4.77. The van der Waals surface area contributed by atoms with Crippen LogP contribution < -0.4 is 11.3 Å². The predicted octanol–water partition coefficient (Wildman–Crippen LogP) is 2.22. The van der Waals surface area contributed by atoms with E-state index in [4.69, 9.17) is 5.84 Å². The molecule has 0 aliphatic heterocycles. The highest BCUT2D eigenvalue weighted by molar-refractivity contribution is 4.70. The minimum atomic E-state index is 0.477. The fourth-order valence-corrected chi connectivity index (χ4v) is 1.35. The Labute approximate surface area is 76.2 Å². The summed E-state index contributed by atoms with van der Waals surface area (Å²) in [4.78, 5) is 0. The van der Waals surface area contributed by atoms with Crippen molar-refractivity contribution in [3.05, 3.63) is 12.7 Å². The summed E-state index contributed by atoms with van der Waals surface area (Å²) in [6.45, 7) is 8.13. The molecule has 12 heavy (non-hydrogen) atoms. The molecule has 0 radical (unpaired) electrons. The van der Waals surface area contributed by atoms with E-state index in [1.165, 1.54) is 6.42 Å². The Balaban J connectivity index is 3.45. The van der Waals surface area contributed by atoms with E-state index in [-0.39, 0.29) is 0 Å². The summed E-state index contributed by atoms with van der Waals surface area (Å²) in [5, 5.41) is 0. The second-order valence-electron chi connectivity index (χ2n) is 3.71. The lowest BCUT2D eigenvalue weighted by molar-refractivity contribution is 0.398. The molecule has 0 aliphatic carbocycles. The van der Waals surface area contributed by atoms with E-state index >= 15 is 0 Å². The van der Waals surface area contributed by atoms with Gasteiger partial charge in [0.15, 0.2) is 0 Å². The lowest BCUT2D eigenvalue weighted by atomic mass is 10.00. The topological polar surface area (TPSA) is 38.0 Å². The van der Waals surface area contributed by atoms with Gasteiger partial charge in [0.1, 0.15) is 0 Å². The van der Waals surface area contributed by atoms with Crippen molar-refractivity contribution in [1.29, 1.82) is 0 Å². The lowest BCUT2D eigenvalue weighted by Crippen LogP contribution is -2.35. The molecular formula is C10H22N2. The Morgan fingerprint density at radius 2 is 2.17 bits per heavy atom. The van der Waals surface area contributed by atoms with E-state index in [0.29, 0.717) is 6.04 Å². The van der Waals surface area contributed by atoms with Gasteiger partial charge in [-0.05, 0) is 31.6 Å². The number of allylic oxidation sites excluding steroid dienone is 1. The highest BCUT2D eigenvalue weighted by Crippen LogP contribution is 2.10. The molecule has 3 N–H and O–H groups in total. The van der Waals surface area contributed by atoms with Crippen LogP contribution in [0.1, 0.15) is 39.5 Å². The van der Waals surface area contributed by atoms with Crippen LogP contribution in [0, 0.1) is 5.92 Å². The zero-order valence-electron chi connectivity index (χ0n) is 8.34. The molecule has 0 aromatic rings. The molecule has 1 unspecified atom stereocenters. The average molecular weight is 170 g/mol. The fraction of sp³-hybridized carbons (Fsp3) is 0.800. The van der Waals surface area contributed by atoms with Crippen LogP contribution in [0.3, 0.4) is 0 Å². The number of nitrogens with one attached hydrogen (secondary N) is 1. The van der Waals surface area contributed by atoms with Crippen molar-refractivity contribution in [2.24, 2.45) is 11.8 Å². The van der Waals surface area contributed by atoms with E-state index in [1.807, 2.05) is 6.08 Å². The third kappa shape index (κ3) is 6.38. The zero-order chi connectivity index (χ0) is 9.40. The van der Waals surface area contributed by atoms with Crippen LogP contribution in [0.25, 0.3) is 0 Å². The summed E-state index contributed by atoms with van der Waals surface area (Å²) in [6.07, 6.45) is 6.55. The highest BCUT2D eigenvalue weighted by Gasteiger charge is 2.07. The van der Waals surface area contributed by atoms with Gasteiger partial charge in [-0.25, -0.2) is 0 Å². The molecule has 0 rings (SSSR count). The quantitative estimate of drug-likeness (QED) is 0.266. The second-order valence-corrected chi connectivity index (χ2v) is 3.71. The summed E-state index contributed by atoms with van der Waals surface area (Å²) in [5.41, 5.74) is 2.86. The summed E-state index contributed by atoms with van der Waals surface area (Å²) in [6, 6.07) is 0.477. The molecular weight excluding hydrogens is 148 g/mol. The van der Waals surface area contributed by atoms with Crippen molar-refractivity contribution in [2.45, 2.75) is 45.6 Å². The second kappa shape index (κ2) is 7.32. The summed E-state index contributed by atoms with van der Waals surface area (Å²) in [5.74, 6) is 6.14. The van der Waals surface area contributed by atoms with Gasteiger partial charge >= 0.3 is 0 Å². The molecule has 0 spiro atoms. The first-order valence-corrected chi connectivity index (χ1v) is 4.77. The van der Waals surface area contributed by atoms with Crippen LogP contribution >= 0.6 is 0 Å². The van der Waals surface area contributed by atoms with Crippen LogP contribution in [0.4, 0.5) is 0 Å². The maximum atomic E-state index is 5.43. The van der Waals surface area contributed by atoms with Gasteiger partial charge < -0.3 is 0 Å². The first kappa shape index (κ1) is 11.7. The van der Waals surface area contributed by atoms with E-state index in [0.717, 1.165) is 25.2 Å². The standard InChI is InChI=1S/C10H22N2/c1-4-5-6-7-10(12-11)8-9(2)3/h4,9-10,12H,1,5-8,11H2,2-3H3. The molecule has 2 heteroatoms. The van der Waals surface area contributed by atoms with Gasteiger partial charge in [-0.3, -0.25) is 11.3 Å². The van der Waals surface area contributed by atoms with Gasteiger partial charge in [0.05, 0.1) is 0 Å². The summed E-state index contributed by atoms with van der Waals surface area (Å²) < 4.78 is 0. The number of hydrogen-bond donors (Lipinski definition) is 2. The van der Waals surface area contributed by atoms with Crippen LogP contribution in [-0.4, -0.2) is 6.04 Å². The monoisotopic (exact) mass is 170 g/mol. The number of hydrogen-bond acceptors (Lipinski definition) is 2. The summed E-state index contributed by atoms with van der Waals surface area (Å²) >= 11 is 0. The molecule has 0 aliphatic rings. The average Bonchev–Trinajstić information content (AvgIpc) is 2.02. The Kier molecular flexibility index (Phi) is 7.11. The van der Waals surface area contributed by atoms with Crippen molar-refractivity contribution in [1.82, 2.24) is 5.43 Å². The van der Waals surface area contributed by atoms with Gasteiger partial charge in [0.2, 0.25) is 0 Å². The maximum Gasteiger partial charge on any atom is 0.0213 e. The van der Waals surface area contributed by atoms with E-state index in [1.54, 1.807) is 0 Å². The van der Waals surface area contributed by atoms with Crippen LogP contribution in [-0.2, 0) is 0 Å². The third-order valence-electron chi connectivity index (χ3n) is 1.95. The van der Waals surface area contributed by atoms with Crippen molar-refractivity contribution in [2.75, 3.05) is 0 Å². The van der Waals surface area contributed by atoms with Gasteiger partial charge in [-0.2, -0.15) is 0 Å². The third-order valence-corrected chi connectivity index (χ3v) is 1.95. The number of hydrazine groups is 1. The Hall–Kier alpha value is -0.340. The number of unbranched alkanes of at least 4 members (excludes halogenated alkanes) is 1. The van der Waals surface area contributed by atoms with Gasteiger partial charge in [-0.1, -0.05) is 19.9 Å².